The van der Waals surface area contributed by atoms with Gasteiger partial charge in [-0.2, -0.15) is 0 Å². The highest BCUT2D eigenvalue weighted by molar-refractivity contribution is 7.93. The number of aliphatic carboxylic acids is 1. The van der Waals surface area contributed by atoms with E-state index in [0.29, 0.717) is 34.0 Å². The Balaban J connectivity index is 1.68. The highest BCUT2D eigenvalue weighted by atomic mass is 35.5. The van der Waals surface area contributed by atoms with Crippen molar-refractivity contribution in [1.82, 2.24) is 4.90 Å². The van der Waals surface area contributed by atoms with Gasteiger partial charge in [-0.05, 0) is 73.7 Å². The van der Waals surface area contributed by atoms with Crippen molar-refractivity contribution in [3.63, 3.8) is 0 Å². The molecule has 44 heavy (non-hydrogen) atoms. The van der Waals surface area contributed by atoms with Gasteiger partial charge < -0.3 is 14.7 Å². The quantitative estimate of drug-likeness (QED) is 0.247. The van der Waals surface area contributed by atoms with E-state index in [1.54, 1.807) is 61.5 Å². The molecule has 234 valence electrons. The molecule has 2 aliphatic rings. The highest BCUT2D eigenvalue weighted by Crippen LogP contribution is 2.46. The van der Waals surface area contributed by atoms with Crippen LogP contribution in [-0.2, 0) is 24.3 Å². The summed E-state index contributed by atoms with van der Waals surface area (Å²) in [4.78, 5) is 28.1. The molecule has 0 bridgehead atoms. The van der Waals surface area contributed by atoms with Gasteiger partial charge in [0.15, 0.2) is 0 Å². The van der Waals surface area contributed by atoms with Gasteiger partial charge >= 0.3 is 5.97 Å². The number of carbonyl (C=O) groups is 2. The van der Waals surface area contributed by atoms with Crippen LogP contribution in [0.2, 0.25) is 10.0 Å². The number of ether oxygens (including phenoxy) is 1. The zero-order valence-electron chi connectivity index (χ0n) is 24.1. The number of nitrogens with zero attached hydrogens (tertiary/aromatic N) is 2. The topological polar surface area (TPSA) is 104 Å². The zero-order valence-corrected chi connectivity index (χ0v) is 26.5. The first-order valence-corrected chi connectivity index (χ1v) is 16.7. The smallest absolute Gasteiger partial charge is 0.309 e. The normalized spacial score (nSPS) is 22.0. The maximum Gasteiger partial charge on any atom is 0.309 e. The Morgan fingerprint density at radius 1 is 1.05 bits per heavy atom. The van der Waals surface area contributed by atoms with Crippen molar-refractivity contribution in [2.75, 3.05) is 10.8 Å². The lowest BCUT2D eigenvalue weighted by atomic mass is 9.88. The lowest BCUT2D eigenvalue weighted by molar-refractivity contribution is -0.190. The lowest BCUT2D eigenvalue weighted by Crippen LogP contribution is -2.59. The maximum atomic E-state index is 15.2. The van der Waals surface area contributed by atoms with Crippen molar-refractivity contribution >= 4 is 50.8 Å². The van der Waals surface area contributed by atoms with Gasteiger partial charge in [-0.1, -0.05) is 66.5 Å². The first-order chi connectivity index (χ1) is 20.9. The molecule has 0 unspecified atom stereocenters. The first kappa shape index (κ1) is 32.2. The Morgan fingerprint density at radius 3 is 2.32 bits per heavy atom. The summed E-state index contributed by atoms with van der Waals surface area (Å²) in [6, 6.07) is 17.7. The molecule has 8 nitrogen and oxygen atoms in total. The number of carboxylic acid groups (broad SMARTS) is 1. The van der Waals surface area contributed by atoms with Gasteiger partial charge in [-0.25, -0.2) is 12.8 Å². The van der Waals surface area contributed by atoms with Crippen LogP contribution in [0.3, 0.4) is 0 Å². The fourth-order valence-electron chi connectivity index (χ4n) is 5.67. The molecule has 1 N–H and O–H groups in total. The molecule has 1 aliphatic heterocycles. The molecule has 12 heteroatoms. The standard InChI is InChI=1S/C32H33Cl2FN2O6S/c1-3-24(18-36(44(41,42)25-15-16-25)27-10-5-4-9-26(27)35)37-28(20-11-13-22(33)14-12-20)30(21-7-6-8-23(34)17-21)43-29(31(37)38)19(2)32(39)40/h4-14,17,19,24-25,28-30H,3,15-16,18H2,1-2H3,(H,39,40)/t19-,24+,28+,29+,30+/m0/s1. The van der Waals surface area contributed by atoms with Crippen LogP contribution in [-0.4, -0.2) is 54.2 Å². The van der Waals surface area contributed by atoms with Crippen LogP contribution in [0.5, 0.6) is 0 Å². The SMILES string of the molecule is CC[C@H](CN(c1ccccc1F)S(=O)(=O)C1CC1)N1C(=O)[C@@H]([C@H](C)C(=O)O)O[C@H](c2cccc(Cl)c2)[C@H]1c1ccc(Cl)cc1. The summed E-state index contributed by atoms with van der Waals surface area (Å²) in [6.07, 6.45) is -1.07. The highest BCUT2D eigenvalue weighted by Gasteiger charge is 2.51. The Bertz CT molecular complexity index is 1640. The second kappa shape index (κ2) is 13.0. The molecular weight excluding hydrogens is 630 g/mol. The molecule has 1 heterocycles. The molecule has 5 rings (SSSR count). The summed E-state index contributed by atoms with van der Waals surface area (Å²) < 4.78 is 50.1. The van der Waals surface area contributed by atoms with E-state index in [0.717, 1.165) is 4.31 Å². The second-order valence-electron chi connectivity index (χ2n) is 11.2. The third-order valence-corrected chi connectivity index (χ3v) is 11.0. The van der Waals surface area contributed by atoms with E-state index in [4.69, 9.17) is 27.9 Å². The minimum absolute atomic E-state index is 0.108. The van der Waals surface area contributed by atoms with Crippen LogP contribution >= 0.6 is 23.2 Å². The van der Waals surface area contributed by atoms with Crippen molar-refractivity contribution < 1.29 is 32.2 Å². The van der Waals surface area contributed by atoms with Crippen molar-refractivity contribution in [2.45, 2.75) is 62.7 Å². The first-order valence-electron chi connectivity index (χ1n) is 14.4. The molecule has 2 fully saturated rings. The van der Waals surface area contributed by atoms with Gasteiger partial charge in [0.2, 0.25) is 10.0 Å². The number of sulfonamides is 1. The van der Waals surface area contributed by atoms with Gasteiger partial charge in [0.25, 0.3) is 5.91 Å². The number of anilines is 1. The molecular formula is C32H33Cl2FN2O6S. The summed E-state index contributed by atoms with van der Waals surface area (Å²) in [5, 5.41) is 10.2. The summed E-state index contributed by atoms with van der Waals surface area (Å²) >= 11 is 12.6. The van der Waals surface area contributed by atoms with Gasteiger partial charge in [-0.3, -0.25) is 13.9 Å². The van der Waals surface area contributed by atoms with Gasteiger partial charge in [-0.15, -0.1) is 0 Å². The zero-order chi connectivity index (χ0) is 31.8. The Kier molecular flexibility index (Phi) is 9.55. The third kappa shape index (κ3) is 6.44. The number of amides is 1. The van der Waals surface area contributed by atoms with Gasteiger partial charge in [0, 0.05) is 10.0 Å². The molecule has 1 amide bonds. The van der Waals surface area contributed by atoms with Gasteiger partial charge in [0.1, 0.15) is 18.0 Å². The van der Waals surface area contributed by atoms with Crippen LogP contribution in [0, 0.1) is 11.7 Å². The predicted octanol–water partition coefficient (Wildman–Crippen LogP) is 6.64. The number of morpholine rings is 1. The number of hydrogen-bond acceptors (Lipinski definition) is 5. The van der Waals surface area contributed by atoms with Crippen LogP contribution in [0.15, 0.2) is 72.8 Å². The number of benzene rings is 3. The Morgan fingerprint density at radius 2 is 1.73 bits per heavy atom. The number of carboxylic acids is 1. The number of hydrogen-bond donors (Lipinski definition) is 1. The summed E-state index contributed by atoms with van der Waals surface area (Å²) in [5.41, 5.74) is 1.13. The van der Waals surface area contributed by atoms with Crippen LogP contribution in [0.1, 0.15) is 56.4 Å². The van der Waals surface area contributed by atoms with Crippen molar-refractivity contribution in [2.24, 2.45) is 5.92 Å². The second-order valence-corrected chi connectivity index (χ2v) is 14.2. The van der Waals surface area contributed by atoms with Crippen molar-refractivity contribution in [1.29, 1.82) is 0 Å². The maximum absolute atomic E-state index is 15.2. The van der Waals surface area contributed by atoms with Crippen LogP contribution in [0.25, 0.3) is 0 Å². The summed E-state index contributed by atoms with van der Waals surface area (Å²) in [5.74, 6) is -3.77. The van der Waals surface area contributed by atoms with Crippen LogP contribution in [0.4, 0.5) is 10.1 Å². The average molecular weight is 664 g/mol. The molecule has 0 radical (unpaired) electrons. The monoisotopic (exact) mass is 662 g/mol. The summed E-state index contributed by atoms with van der Waals surface area (Å²) in [6.45, 7) is 2.95. The Labute approximate surface area is 266 Å². The van der Waals surface area contributed by atoms with Crippen molar-refractivity contribution in [3.05, 3.63) is 99.8 Å². The molecule has 1 aliphatic carbocycles. The minimum Gasteiger partial charge on any atom is -0.481 e. The molecule has 0 aromatic heterocycles. The fourth-order valence-corrected chi connectivity index (χ4v) is 7.89. The van der Waals surface area contributed by atoms with E-state index in [1.165, 1.54) is 30.0 Å². The number of para-hydroxylation sites is 1. The average Bonchev–Trinajstić information content (AvgIpc) is 3.85. The minimum atomic E-state index is -3.97. The van der Waals surface area contributed by atoms with E-state index in [2.05, 4.69) is 0 Å². The molecule has 0 spiro atoms. The van der Waals surface area contributed by atoms with E-state index in [1.807, 2.05) is 0 Å². The molecule has 3 aromatic rings. The fraction of sp³-hybridized carbons (Fsp3) is 0.375. The number of carbonyl (C=O) groups excluding carboxylic acids is 1. The number of halogens is 3. The predicted molar refractivity (Wildman–Crippen MR) is 167 cm³/mol. The van der Waals surface area contributed by atoms with E-state index >= 15 is 4.39 Å². The third-order valence-electron chi connectivity index (χ3n) is 8.23. The summed E-state index contributed by atoms with van der Waals surface area (Å²) in [7, 11) is -3.97. The molecule has 1 saturated carbocycles. The van der Waals surface area contributed by atoms with Crippen LogP contribution < -0.4 is 4.31 Å². The molecule has 1 saturated heterocycles. The number of rotatable bonds is 11. The molecule has 3 aromatic carbocycles. The van der Waals surface area contributed by atoms with Crippen molar-refractivity contribution in [3.8, 4) is 0 Å². The van der Waals surface area contributed by atoms with E-state index in [-0.39, 0.29) is 18.7 Å². The molecule has 5 atom stereocenters. The lowest BCUT2D eigenvalue weighted by Gasteiger charge is -2.49. The van der Waals surface area contributed by atoms with E-state index in [9.17, 15) is 23.1 Å². The Hall–Kier alpha value is -3.18. The van der Waals surface area contributed by atoms with E-state index < -0.39 is 63.2 Å². The van der Waals surface area contributed by atoms with Gasteiger partial charge in [0.05, 0.1) is 35.5 Å². The largest absolute Gasteiger partial charge is 0.481 e.